The smallest absolute Gasteiger partial charge is 0.290 e. The lowest BCUT2D eigenvalue weighted by Gasteiger charge is -2.30. The summed E-state index contributed by atoms with van der Waals surface area (Å²) in [6.45, 7) is 1.57. The molecular weight excluding hydrogens is 228 g/mol. The number of hydrogen-bond donors (Lipinski definition) is 2. The van der Waals surface area contributed by atoms with Gasteiger partial charge in [0, 0.05) is 5.69 Å². The predicted octanol–water partition coefficient (Wildman–Crippen LogP) is 1.43. The number of hydrogen-bond acceptors (Lipinski definition) is 4. The van der Waals surface area contributed by atoms with Crippen LogP contribution in [0, 0.1) is 0 Å². The number of nitrogens with two attached hydrogens (primary N) is 1. The topological polar surface area (TPSA) is 72.6 Å². The van der Waals surface area contributed by atoms with Crippen LogP contribution in [0.15, 0.2) is 18.2 Å². The van der Waals surface area contributed by atoms with Gasteiger partial charge in [-0.05, 0) is 25.1 Å². The van der Waals surface area contributed by atoms with E-state index in [1.54, 1.807) is 19.1 Å². The zero-order valence-electron chi connectivity index (χ0n) is 8.51. The Hall–Kier alpha value is -1.69. The van der Waals surface area contributed by atoms with E-state index in [1.807, 2.05) is 0 Å². The molecule has 0 radical (unpaired) electrons. The molecule has 1 aromatic rings. The molecule has 1 unspecified atom stereocenters. The number of carbonyl (C=O) groups excluding carboxylic acids is 2. The number of fused-ring (bicyclic) bond motifs is 1. The van der Waals surface area contributed by atoms with E-state index in [4.69, 9.17) is 10.5 Å². The number of anilines is 2. The van der Waals surface area contributed by atoms with Crippen molar-refractivity contribution in [3.05, 3.63) is 18.2 Å². The highest BCUT2D eigenvalue weighted by Crippen LogP contribution is 2.36. The van der Waals surface area contributed by atoms with Gasteiger partial charge in [0.25, 0.3) is 11.1 Å². The second-order valence-corrected chi connectivity index (χ2v) is 3.83. The number of rotatable bonds is 0. The number of thiol groups is 1. The summed E-state index contributed by atoms with van der Waals surface area (Å²) in [5.74, 6) is 0.00167. The fraction of sp³-hybridized carbons (Fsp3) is 0.200. The van der Waals surface area contributed by atoms with Gasteiger partial charge in [-0.2, -0.15) is 0 Å². The Kier molecular flexibility index (Phi) is 2.51. The van der Waals surface area contributed by atoms with E-state index in [-0.39, 0.29) is 0 Å². The number of ether oxygens (including phenoxy) is 1. The normalized spacial score (nSPS) is 19.0. The van der Waals surface area contributed by atoms with Gasteiger partial charge in [-0.25, -0.2) is 4.90 Å². The van der Waals surface area contributed by atoms with Gasteiger partial charge in [0.15, 0.2) is 6.10 Å². The third-order valence-electron chi connectivity index (χ3n) is 2.29. The summed E-state index contributed by atoms with van der Waals surface area (Å²) in [5.41, 5.74) is 6.38. The average Bonchev–Trinajstić information content (AvgIpc) is 2.20. The van der Waals surface area contributed by atoms with Crippen molar-refractivity contribution in [3.8, 4) is 5.75 Å². The van der Waals surface area contributed by atoms with E-state index < -0.39 is 17.3 Å². The first kappa shape index (κ1) is 10.8. The van der Waals surface area contributed by atoms with Crippen molar-refractivity contribution in [2.75, 3.05) is 10.6 Å². The Balaban J connectivity index is 2.58. The number of amides is 2. The second kappa shape index (κ2) is 3.71. The second-order valence-electron chi connectivity index (χ2n) is 3.44. The molecule has 84 valence electrons. The van der Waals surface area contributed by atoms with E-state index >= 15 is 0 Å². The van der Waals surface area contributed by atoms with E-state index in [9.17, 15) is 9.59 Å². The lowest BCUT2D eigenvalue weighted by molar-refractivity contribution is -0.124. The zero-order chi connectivity index (χ0) is 11.9. The Morgan fingerprint density at radius 2 is 2.25 bits per heavy atom. The van der Waals surface area contributed by atoms with Crippen molar-refractivity contribution in [2.45, 2.75) is 13.0 Å². The van der Waals surface area contributed by atoms with Gasteiger partial charge in [0.1, 0.15) is 5.75 Å². The van der Waals surface area contributed by atoms with Crippen molar-refractivity contribution in [2.24, 2.45) is 0 Å². The van der Waals surface area contributed by atoms with Crippen LogP contribution in [0.5, 0.6) is 5.75 Å². The molecule has 2 N–H and O–H groups in total. The van der Waals surface area contributed by atoms with Crippen LogP contribution in [0.3, 0.4) is 0 Å². The molecule has 0 saturated carbocycles. The third-order valence-corrected chi connectivity index (χ3v) is 2.49. The van der Waals surface area contributed by atoms with E-state index in [0.717, 1.165) is 4.90 Å². The monoisotopic (exact) mass is 238 g/mol. The molecule has 0 bridgehead atoms. The van der Waals surface area contributed by atoms with Gasteiger partial charge in [0.05, 0.1) is 5.69 Å². The van der Waals surface area contributed by atoms with Crippen LogP contribution in [0.4, 0.5) is 16.2 Å². The molecule has 16 heavy (non-hydrogen) atoms. The molecule has 0 aromatic heterocycles. The fourth-order valence-electron chi connectivity index (χ4n) is 1.55. The Morgan fingerprint density at radius 3 is 2.88 bits per heavy atom. The van der Waals surface area contributed by atoms with Crippen LogP contribution in [0.2, 0.25) is 0 Å². The number of benzene rings is 1. The number of nitrogen functional groups attached to an aromatic ring is 1. The molecule has 1 aliphatic heterocycles. The molecule has 0 spiro atoms. The number of carbonyl (C=O) groups is 2. The highest BCUT2D eigenvalue weighted by molar-refractivity contribution is 7.97. The van der Waals surface area contributed by atoms with Gasteiger partial charge in [-0.1, -0.05) is 12.6 Å². The minimum Gasteiger partial charge on any atom is -0.479 e. The third kappa shape index (κ3) is 1.61. The fourth-order valence-corrected chi connectivity index (χ4v) is 1.75. The molecule has 0 fully saturated rings. The summed E-state index contributed by atoms with van der Waals surface area (Å²) < 4.78 is 5.35. The molecule has 1 atom stereocenters. The molecular formula is C10H10N2O3S. The van der Waals surface area contributed by atoms with Crippen LogP contribution in [-0.4, -0.2) is 17.3 Å². The Labute approximate surface area is 97.6 Å². The molecule has 1 aliphatic rings. The van der Waals surface area contributed by atoms with E-state index in [1.165, 1.54) is 6.07 Å². The lowest BCUT2D eigenvalue weighted by atomic mass is 10.2. The van der Waals surface area contributed by atoms with Crippen molar-refractivity contribution >= 4 is 35.1 Å². The lowest BCUT2D eigenvalue weighted by Crippen LogP contribution is -2.45. The first-order valence-electron chi connectivity index (χ1n) is 4.64. The van der Waals surface area contributed by atoms with E-state index in [0.29, 0.717) is 17.1 Å². The van der Waals surface area contributed by atoms with Gasteiger partial charge in [0.2, 0.25) is 0 Å². The Bertz CT molecular complexity index is 475. The van der Waals surface area contributed by atoms with Gasteiger partial charge >= 0.3 is 0 Å². The molecule has 5 nitrogen and oxygen atoms in total. The Morgan fingerprint density at radius 1 is 1.56 bits per heavy atom. The quantitative estimate of drug-likeness (QED) is 0.530. The molecule has 2 amide bonds. The van der Waals surface area contributed by atoms with Crippen molar-refractivity contribution < 1.29 is 14.3 Å². The summed E-state index contributed by atoms with van der Waals surface area (Å²) in [7, 11) is 0. The van der Waals surface area contributed by atoms with Gasteiger partial charge < -0.3 is 10.5 Å². The van der Waals surface area contributed by atoms with Crippen molar-refractivity contribution in [1.29, 1.82) is 0 Å². The number of nitrogens with zero attached hydrogens (tertiary/aromatic N) is 1. The molecule has 1 heterocycles. The standard InChI is InChI=1S/C10H10N2O3S/c1-5-9(13)12(10(14)16)7-4-6(11)2-3-8(7)15-5/h2-5H,11H2,1H3,(H,14,16). The average molecular weight is 238 g/mol. The molecule has 1 aromatic carbocycles. The highest BCUT2D eigenvalue weighted by atomic mass is 32.1. The largest absolute Gasteiger partial charge is 0.479 e. The molecule has 0 saturated heterocycles. The molecule has 2 rings (SSSR count). The predicted molar refractivity (Wildman–Crippen MR) is 62.8 cm³/mol. The summed E-state index contributed by atoms with van der Waals surface area (Å²) in [6, 6.07) is 4.77. The van der Waals surface area contributed by atoms with Crippen LogP contribution >= 0.6 is 12.6 Å². The maximum atomic E-state index is 11.7. The maximum Gasteiger partial charge on any atom is 0.290 e. The SMILES string of the molecule is CC1Oc2ccc(N)cc2N(C(=O)S)C1=O. The summed E-state index contributed by atoms with van der Waals surface area (Å²) in [4.78, 5) is 24.0. The molecule has 6 heteroatoms. The van der Waals surface area contributed by atoms with Gasteiger partial charge in [-0.15, -0.1) is 0 Å². The first-order chi connectivity index (χ1) is 7.50. The summed E-state index contributed by atoms with van der Waals surface area (Å²) >= 11 is 3.67. The minimum absolute atomic E-state index is 0.336. The van der Waals surface area contributed by atoms with Crippen LogP contribution in [0.25, 0.3) is 0 Å². The van der Waals surface area contributed by atoms with Crippen LogP contribution in [0.1, 0.15) is 6.92 Å². The van der Waals surface area contributed by atoms with Crippen LogP contribution < -0.4 is 15.4 Å². The summed E-state index contributed by atoms with van der Waals surface area (Å²) in [5, 5.41) is -0.646. The molecule has 0 aliphatic carbocycles. The first-order valence-corrected chi connectivity index (χ1v) is 5.08. The van der Waals surface area contributed by atoms with Crippen molar-refractivity contribution in [3.63, 3.8) is 0 Å². The minimum atomic E-state index is -0.702. The van der Waals surface area contributed by atoms with Crippen LogP contribution in [-0.2, 0) is 4.79 Å². The zero-order valence-corrected chi connectivity index (χ0v) is 9.40. The number of imide groups is 1. The highest BCUT2D eigenvalue weighted by Gasteiger charge is 2.34. The summed E-state index contributed by atoms with van der Waals surface area (Å²) in [6.07, 6.45) is -0.702. The van der Waals surface area contributed by atoms with Gasteiger partial charge in [-0.3, -0.25) is 9.59 Å². The van der Waals surface area contributed by atoms with Crippen molar-refractivity contribution in [1.82, 2.24) is 0 Å². The van der Waals surface area contributed by atoms with E-state index in [2.05, 4.69) is 12.6 Å². The maximum absolute atomic E-state index is 11.7.